The van der Waals surface area contributed by atoms with Gasteiger partial charge in [-0.2, -0.15) is 37.0 Å². The van der Waals surface area contributed by atoms with Gasteiger partial charge in [0.1, 0.15) is 36.3 Å². The number of thiol groups is 2. The van der Waals surface area contributed by atoms with Crippen molar-refractivity contribution in [2.24, 2.45) is 44.6 Å². The summed E-state index contributed by atoms with van der Waals surface area (Å²) in [6.45, 7) is 6.40. The Balaban J connectivity index is 3.42. The van der Waals surface area contributed by atoms with Crippen LogP contribution in [0, 0.1) is 5.92 Å². The molecule has 0 aromatic rings. The molecule has 7 atom stereocenters. The van der Waals surface area contributed by atoms with Crippen LogP contribution >= 0.6 is 37.0 Å². The van der Waals surface area contributed by atoms with Crippen LogP contribution in [0.2, 0.25) is 0 Å². The summed E-state index contributed by atoms with van der Waals surface area (Å²) in [7, 11) is 0. The molecule has 0 radical (unpaired) electrons. The van der Waals surface area contributed by atoms with Crippen LogP contribution in [0.15, 0.2) is 9.98 Å². The van der Waals surface area contributed by atoms with Gasteiger partial charge < -0.3 is 70.6 Å². The molecule has 1 saturated heterocycles. The topological polar surface area (TPSA) is 387 Å². The second-order valence-corrected chi connectivity index (χ2v) is 19.1. The number of hydrogen-bond acceptors (Lipinski definition) is 14. The zero-order chi connectivity index (χ0) is 49.4. The number of aliphatic carboxylic acids is 1. The molecule has 23 nitrogen and oxygen atoms in total. The fourth-order valence-corrected chi connectivity index (χ4v) is 7.44. The molecular formula is C39H72N14O9S3. The summed E-state index contributed by atoms with van der Waals surface area (Å²) in [5.74, 6) is -6.04. The van der Waals surface area contributed by atoms with Crippen molar-refractivity contribution in [3.8, 4) is 0 Å². The van der Waals surface area contributed by atoms with E-state index in [1.54, 1.807) is 0 Å². The van der Waals surface area contributed by atoms with E-state index in [1.807, 2.05) is 20.1 Å². The number of likely N-dealkylation sites (tertiary alicyclic amines) is 1. The van der Waals surface area contributed by atoms with Gasteiger partial charge >= 0.3 is 5.97 Å². The van der Waals surface area contributed by atoms with Crippen LogP contribution in [0.5, 0.6) is 0 Å². The predicted octanol–water partition coefficient (Wildman–Crippen LogP) is -3.14. The highest BCUT2D eigenvalue weighted by Gasteiger charge is 2.39. The van der Waals surface area contributed by atoms with Crippen LogP contribution in [0.1, 0.15) is 85.5 Å². The Bertz CT molecular complexity index is 1680. The van der Waals surface area contributed by atoms with Crippen LogP contribution in [-0.2, 0) is 38.4 Å². The number of aliphatic imine (C=N–C) groups is 2. The molecule has 0 unspecified atom stereocenters. The fraction of sp³-hybridized carbons (Fsp3) is 0.744. The van der Waals surface area contributed by atoms with Gasteiger partial charge in [0.25, 0.3) is 0 Å². The highest BCUT2D eigenvalue weighted by molar-refractivity contribution is 7.98. The molecule has 370 valence electrons. The number of nitrogens with zero attached hydrogens (tertiary/aromatic N) is 3. The number of carbonyl (C=O) groups is 8. The number of thioether (sulfide) groups is 1. The van der Waals surface area contributed by atoms with E-state index in [9.17, 15) is 43.5 Å². The molecule has 26 heteroatoms. The highest BCUT2D eigenvalue weighted by atomic mass is 32.2. The molecular weight excluding hydrogens is 905 g/mol. The number of hydrogen-bond donors (Lipinski definition) is 14. The zero-order valence-corrected chi connectivity index (χ0v) is 40.6. The van der Waals surface area contributed by atoms with Gasteiger partial charge in [0.15, 0.2) is 11.9 Å². The molecule has 1 aliphatic rings. The van der Waals surface area contributed by atoms with Crippen LogP contribution in [-0.4, -0.2) is 160 Å². The molecule has 17 N–H and O–H groups in total. The van der Waals surface area contributed by atoms with Gasteiger partial charge in [0, 0.05) is 30.1 Å². The molecule has 1 aliphatic heterocycles. The molecule has 7 amide bonds. The maximum atomic E-state index is 14.2. The van der Waals surface area contributed by atoms with Crippen LogP contribution < -0.4 is 60.6 Å². The minimum absolute atomic E-state index is 0.0103. The average Bonchev–Trinajstić information content (AvgIpc) is 3.23. The van der Waals surface area contributed by atoms with E-state index >= 15 is 0 Å². The fourth-order valence-electron chi connectivity index (χ4n) is 6.63. The van der Waals surface area contributed by atoms with Crippen molar-refractivity contribution in [1.82, 2.24) is 36.8 Å². The summed E-state index contributed by atoms with van der Waals surface area (Å²) in [5.41, 5.74) is 27.8. The van der Waals surface area contributed by atoms with Gasteiger partial charge in [0.2, 0.25) is 41.4 Å². The first-order chi connectivity index (χ1) is 30.4. The van der Waals surface area contributed by atoms with Gasteiger partial charge in [-0.15, -0.1) is 0 Å². The molecule has 1 heterocycles. The van der Waals surface area contributed by atoms with E-state index in [4.69, 9.17) is 28.7 Å². The number of piperidine rings is 1. The second kappa shape index (κ2) is 29.8. The summed E-state index contributed by atoms with van der Waals surface area (Å²) in [6, 6.07) is -8.05. The minimum Gasteiger partial charge on any atom is -0.480 e. The Morgan fingerprint density at radius 3 is 1.83 bits per heavy atom. The summed E-state index contributed by atoms with van der Waals surface area (Å²) in [6.07, 6.45) is 4.15. The lowest BCUT2D eigenvalue weighted by Crippen LogP contribution is -2.61. The molecule has 0 aromatic heterocycles. The SMILES string of the molecule is CSCC[C@H](NC(=O)[C@H](N)CS)C(=O)N1CCCC[C@H]1C(=O)N[C@@H](CCCN=C(N)N)C(=O)N[C@@H](CC(C)C)C(=O)N[C@@H](CCCN=C(N)N)C(=O)NCC(=O)N[C@H](C(=O)O)C(C)(C)S. The van der Waals surface area contributed by atoms with Crippen molar-refractivity contribution in [3.63, 3.8) is 0 Å². The number of nitrogens with one attached hydrogen (secondary N) is 6. The van der Waals surface area contributed by atoms with E-state index in [0.29, 0.717) is 18.6 Å². The van der Waals surface area contributed by atoms with E-state index < -0.39 is 101 Å². The number of rotatable bonds is 29. The molecule has 65 heavy (non-hydrogen) atoms. The number of nitrogens with two attached hydrogens (primary N) is 5. The first-order valence-electron chi connectivity index (χ1n) is 21.4. The number of carbonyl (C=O) groups excluding carboxylic acids is 7. The Labute approximate surface area is 396 Å². The standard InChI is InChI=1S/C39H72N14O9S3/c1-21(2)18-26(33(58)48-23(10-8-14-45-37(41)42)31(56)47-19-28(54)52-29(36(61)62)39(3,4)64)51-32(57)24(11-9-15-46-38(43)44)49-34(59)27-12-6-7-16-53(27)35(60)25(13-17-65-5)50-30(55)22(40)20-63/h21-27,29,63-64H,6-20,40H2,1-5H3,(H,47,56)(H,48,58)(H,49,59)(H,50,55)(H,51,57)(H,52,54)(H,61,62)(H4,41,42,45)(H4,43,44,46)/t22-,23+,24+,25+,26+,27+,29-/m1/s1. The molecule has 0 bridgehead atoms. The van der Waals surface area contributed by atoms with Crippen LogP contribution in [0.25, 0.3) is 0 Å². The Morgan fingerprint density at radius 2 is 1.32 bits per heavy atom. The largest absolute Gasteiger partial charge is 0.480 e. The van der Waals surface area contributed by atoms with Gasteiger partial charge in [-0.05, 0) is 89.6 Å². The maximum Gasteiger partial charge on any atom is 0.327 e. The smallest absolute Gasteiger partial charge is 0.327 e. The molecule has 0 aliphatic carbocycles. The van der Waals surface area contributed by atoms with Crippen molar-refractivity contribution in [2.45, 2.75) is 133 Å². The van der Waals surface area contributed by atoms with Crippen molar-refractivity contribution >= 4 is 96.3 Å². The normalized spacial score (nSPS) is 16.6. The molecule has 1 fully saturated rings. The maximum absolute atomic E-state index is 14.2. The Hall–Kier alpha value is -4.69. The van der Waals surface area contributed by atoms with Crippen LogP contribution in [0.4, 0.5) is 0 Å². The van der Waals surface area contributed by atoms with E-state index in [0.717, 1.165) is 0 Å². The third kappa shape index (κ3) is 22.4. The summed E-state index contributed by atoms with van der Waals surface area (Å²) in [4.78, 5) is 116. The Morgan fingerprint density at radius 1 is 0.785 bits per heavy atom. The lowest BCUT2D eigenvalue weighted by Gasteiger charge is -2.38. The second-order valence-electron chi connectivity index (χ2n) is 16.6. The lowest BCUT2D eigenvalue weighted by atomic mass is 9.98. The average molecular weight is 977 g/mol. The van der Waals surface area contributed by atoms with E-state index in [2.05, 4.69) is 67.1 Å². The summed E-state index contributed by atoms with van der Waals surface area (Å²) in [5, 5.41) is 25.2. The van der Waals surface area contributed by atoms with Gasteiger partial charge in [-0.1, -0.05) is 13.8 Å². The van der Waals surface area contributed by atoms with Crippen molar-refractivity contribution in [3.05, 3.63) is 0 Å². The molecule has 0 aromatic carbocycles. The lowest BCUT2D eigenvalue weighted by molar-refractivity contribution is -0.146. The molecule has 0 spiro atoms. The minimum atomic E-state index is -1.39. The zero-order valence-electron chi connectivity index (χ0n) is 38.0. The van der Waals surface area contributed by atoms with E-state index in [-0.39, 0.29) is 88.2 Å². The number of carboxylic acid groups (broad SMARTS) is 1. The first kappa shape index (κ1) is 58.3. The van der Waals surface area contributed by atoms with E-state index in [1.165, 1.54) is 30.5 Å². The Kier molecular flexibility index (Phi) is 26.7. The number of carboxylic acids is 1. The first-order valence-corrected chi connectivity index (χ1v) is 23.9. The van der Waals surface area contributed by atoms with Crippen molar-refractivity contribution in [1.29, 1.82) is 0 Å². The summed E-state index contributed by atoms with van der Waals surface area (Å²) >= 11 is 9.81. The number of guanidine groups is 2. The summed E-state index contributed by atoms with van der Waals surface area (Å²) < 4.78 is -1.15. The van der Waals surface area contributed by atoms with Gasteiger partial charge in [-0.3, -0.25) is 43.5 Å². The van der Waals surface area contributed by atoms with Gasteiger partial charge in [0.05, 0.1) is 12.6 Å². The monoisotopic (exact) mass is 976 g/mol. The molecule has 0 saturated carbocycles. The van der Waals surface area contributed by atoms with Gasteiger partial charge in [-0.25, -0.2) is 4.79 Å². The third-order valence-corrected chi connectivity index (χ3v) is 11.3. The quantitative estimate of drug-likeness (QED) is 0.0153. The molecule has 1 rings (SSSR count). The van der Waals surface area contributed by atoms with Crippen molar-refractivity contribution < 1.29 is 43.5 Å². The predicted molar refractivity (Wildman–Crippen MR) is 257 cm³/mol. The third-order valence-electron chi connectivity index (χ3n) is 10.0. The number of amides is 7. The van der Waals surface area contributed by atoms with Crippen molar-refractivity contribution in [2.75, 3.05) is 43.9 Å². The van der Waals surface area contributed by atoms with Crippen LogP contribution in [0.3, 0.4) is 0 Å². The highest BCUT2D eigenvalue weighted by Crippen LogP contribution is 2.21.